The van der Waals surface area contributed by atoms with Gasteiger partial charge in [-0.15, -0.1) is 0 Å². The average molecular weight is 257 g/mol. The molecule has 3 nitrogen and oxygen atoms in total. The summed E-state index contributed by atoms with van der Waals surface area (Å²) >= 11 is 0. The van der Waals surface area contributed by atoms with Crippen molar-refractivity contribution in [2.24, 2.45) is 0 Å². The molecule has 1 aliphatic rings. The first-order valence-electron chi connectivity index (χ1n) is 5.95. The molecule has 0 spiro atoms. The second kappa shape index (κ2) is 5.63. The van der Waals surface area contributed by atoms with Crippen LogP contribution < -0.4 is 4.74 Å². The molecule has 0 N–H and O–H groups in total. The third-order valence-corrected chi connectivity index (χ3v) is 2.98. The summed E-state index contributed by atoms with van der Waals surface area (Å²) in [7, 11) is 2.01. The van der Waals surface area contributed by atoms with E-state index in [1.54, 1.807) is 6.92 Å². The minimum absolute atomic E-state index is 0.0312. The lowest BCUT2D eigenvalue weighted by molar-refractivity contribution is -0.0404. The standard InChI is InChI=1S/C13H17F2NO2/c1-9-5-11(14)12(15)6-13(9)18-8-10-7-16(2)3-4-17-10/h5-6,10H,3-4,7-8H2,1-2H3. The normalized spacial score (nSPS) is 21.0. The summed E-state index contributed by atoms with van der Waals surface area (Å²) in [6.07, 6.45) is -0.0312. The number of likely N-dealkylation sites (N-methyl/N-ethyl adjacent to an activating group) is 1. The number of morpholine rings is 1. The third kappa shape index (κ3) is 3.17. The fourth-order valence-electron chi connectivity index (χ4n) is 1.93. The number of hydrogen-bond acceptors (Lipinski definition) is 3. The van der Waals surface area contributed by atoms with Crippen molar-refractivity contribution in [3.8, 4) is 5.75 Å². The number of benzene rings is 1. The van der Waals surface area contributed by atoms with Gasteiger partial charge in [0.1, 0.15) is 18.5 Å². The van der Waals surface area contributed by atoms with Gasteiger partial charge in [-0.25, -0.2) is 8.78 Å². The van der Waals surface area contributed by atoms with Gasteiger partial charge in [-0.3, -0.25) is 0 Å². The van der Waals surface area contributed by atoms with Crippen molar-refractivity contribution in [2.45, 2.75) is 13.0 Å². The van der Waals surface area contributed by atoms with Gasteiger partial charge in [0.05, 0.1) is 6.61 Å². The number of halogens is 2. The molecule has 0 bridgehead atoms. The van der Waals surface area contributed by atoms with Crippen molar-refractivity contribution in [3.05, 3.63) is 29.3 Å². The molecule has 1 aliphatic heterocycles. The maximum absolute atomic E-state index is 13.1. The Morgan fingerprint density at radius 2 is 2.11 bits per heavy atom. The largest absolute Gasteiger partial charge is 0.490 e. The molecule has 5 heteroatoms. The van der Waals surface area contributed by atoms with E-state index in [-0.39, 0.29) is 6.10 Å². The fraction of sp³-hybridized carbons (Fsp3) is 0.538. The summed E-state index contributed by atoms with van der Waals surface area (Å²) < 4.78 is 37.1. The highest BCUT2D eigenvalue weighted by molar-refractivity contribution is 5.33. The van der Waals surface area contributed by atoms with Crippen LogP contribution in [0.5, 0.6) is 5.75 Å². The van der Waals surface area contributed by atoms with Crippen LogP contribution in [0.2, 0.25) is 0 Å². The number of nitrogens with zero attached hydrogens (tertiary/aromatic N) is 1. The van der Waals surface area contributed by atoms with Crippen molar-refractivity contribution in [3.63, 3.8) is 0 Å². The summed E-state index contributed by atoms with van der Waals surface area (Å²) in [5, 5.41) is 0. The van der Waals surface area contributed by atoms with E-state index >= 15 is 0 Å². The first-order valence-corrected chi connectivity index (χ1v) is 5.95. The highest BCUT2D eigenvalue weighted by Crippen LogP contribution is 2.22. The van der Waals surface area contributed by atoms with Crippen LogP contribution in [0.4, 0.5) is 8.78 Å². The summed E-state index contributed by atoms with van der Waals surface area (Å²) in [4.78, 5) is 2.15. The van der Waals surface area contributed by atoms with E-state index in [0.29, 0.717) is 24.5 Å². The lowest BCUT2D eigenvalue weighted by Gasteiger charge is -2.30. The number of hydrogen-bond donors (Lipinski definition) is 0. The van der Waals surface area contributed by atoms with E-state index in [9.17, 15) is 8.78 Å². The Kier molecular flexibility index (Phi) is 4.14. The van der Waals surface area contributed by atoms with Crippen LogP contribution in [0.3, 0.4) is 0 Å². The van der Waals surface area contributed by atoms with Crippen LogP contribution in [0.25, 0.3) is 0 Å². The summed E-state index contributed by atoms with van der Waals surface area (Å²) in [6.45, 7) is 4.38. The number of aryl methyl sites for hydroxylation is 1. The molecule has 1 heterocycles. The second-order valence-corrected chi connectivity index (χ2v) is 4.60. The molecule has 0 radical (unpaired) electrons. The van der Waals surface area contributed by atoms with Gasteiger partial charge in [0.2, 0.25) is 0 Å². The molecule has 1 unspecified atom stereocenters. The Balaban J connectivity index is 1.95. The lowest BCUT2D eigenvalue weighted by Crippen LogP contribution is -2.42. The van der Waals surface area contributed by atoms with E-state index in [1.165, 1.54) is 0 Å². The Morgan fingerprint density at radius 3 is 2.83 bits per heavy atom. The minimum Gasteiger partial charge on any atom is -0.490 e. The van der Waals surface area contributed by atoms with E-state index in [2.05, 4.69) is 4.90 Å². The maximum Gasteiger partial charge on any atom is 0.162 e. The molecule has 1 atom stereocenters. The molecule has 0 aromatic heterocycles. The Hall–Kier alpha value is -1.20. The van der Waals surface area contributed by atoms with E-state index in [1.807, 2.05) is 7.05 Å². The monoisotopic (exact) mass is 257 g/mol. The predicted molar refractivity (Wildman–Crippen MR) is 63.8 cm³/mol. The first-order chi connectivity index (χ1) is 8.56. The summed E-state index contributed by atoms with van der Waals surface area (Å²) in [6, 6.07) is 2.22. The highest BCUT2D eigenvalue weighted by atomic mass is 19.2. The molecule has 0 amide bonds. The van der Waals surface area contributed by atoms with Crippen molar-refractivity contribution < 1.29 is 18.3 Å². The zero-order chi connectivity index (χ0) is 13.1. The SMILES string of the molecule is Cc1cc(F)c(F)cc1OCC1CN(C)CCO1. The van der Waals surface area contributed by atoms with Crippen LogP contribution in [0.15, 0.2) is 12.1 Å². The van der Waals surface area contributed by atoms with E-state index in [4.69, 9.17) is 9.47 Å². The molecule has 1 fully saturated rings. The van der Waals surface area contributed by atoms with Gasteiger partial charge in [-0.05, 0) is 25.6 Å². The van der Waals surface area contributed by atoms with Gasteiger partial charge in [0.15, 0.2) is 11.6 Å². The third-order valence-electron chi connectivity index (χ3n) is 2.98. The van der Waals surface area contributed by atoms with Gasteiger partial charge < -0.3 is 14.4 Å². The van der Waals surface area contributed by atoms with Crippen LogP contribution in [0, 0.1) is 18.6 Å². The van der Waals surface area contributed by atoms with Gasteiger partial charge in [-0.2, -0.15) is 0 Å². The van der Waals surface area contributed by atoms with Gasteiger partial charge in [0, 0.05) is 19.2 Å². The number of rotatable bonds is 3. The fourth-order valence-corrected chi connectivity index (χ4v) is 1.93. The predicted octanol–water partition coefficient (Wildman–Crippen LogP) is 1.98. The Morgan fingerprint density at radius 1 is 1.39 bits per heavy atom. The van der Waals surface area contributed by atoms with Crippen LogP contribution in [-0.4, -0.2) is 44.4 Å². The maximum atomic E-state index is 13.1. The van der Waals surface area contributed by atoms with Crippen molar-refractivity contribution >= 4 is 0 Å². The van der Waals surface area contributed by atoms with Gasteiger partial charge in [-0.1, -0.05) is 0 Å². The molecule has 0 saturated carbocycles. The van der Waals surface area contributed by atoms with Crippen molar-refractivity contribution in [1.82, 2.24) is 4.90 Å². The number of ether oxygens (including phenoxy) is 2. The Bertz CT molecular complexity index is 426. The average Bonchev–Trinajstić information content (AvgIpc) is 2.32. The van der Waals surface area contributed by atoms with Crippen molar-refractivity contribution in [2.75, 3.05) is 33.4 Å². The van der Waals surface area contributed by atoms with Gasteiger partial charge in [0.25, 0.3) is 0 Å². The van der Waals surface area contributed by atoms with Crippen LogP contribution in [0.1, 0.15) is 5.56 Å². The molecular weight excluding hydrogens is 240 g/mol. The van der Waals surface area contributed by atoms with Crippen LogP contribution >= 0.6 is 0 Å². The molecule has 2 rings (SSSR count). The molecular formula is C13H17F2NO2. The molecule has 100 valence electrons. The minimum atomic E-state index is -0.891. The second-order valence-electron chi connectivity index (χ2n) is 4.60. The van der Waals surface area contributed by atoms with Gasteiger partial charge >= 0.3 is 0 Å². The molecule has 0 aliphatic carbocycles. The van der Waals surface area contributed by atoms with Crippen LogP contribution in [-0.2, 0) is 4.74 Å². The molecule has 1 saturated heterocycles. The van der Waals surface area contributed by atoms with E-state index < -0.39 is 11.6 Å². The summed E-state index contributed by atoms with van der Waals surface area (Å²) in [5.74, 6) is -1.38. The zero-order valence-electron chi connectivity index (χ0n) is 10.6. The first kappa shape index (κ1) is 13.2. The molecule has 1 aromatic rings. The topological polar surface area (TPSA) is 21.7 Å². The Labute approximate surface area is 105 Å². The lowest BCUT2D eigenvalue weighted by atomic mass is 10.2. The van der Waals surface area contributed by atoms with Crippen molar-refractivity contribution in [1.29, 1.82) is 0 Å². The quantitative estimate of drug-likeness (QED) is 0.826. The molecule has 1 aromatic carbocycles. The highest BCUT2D eigenvalue weighted by Gasteiger charge is 2.19. The zero-order valence-corrected chi connectivity index (χ0v) is 10.6. The molecule has 18 heavy (non-hydrogen) atoms. The smallest absolute Gasteiger partial charge is 0.162 e. The van der Waals surface area contributed by atoms with E-state index in [0.717, 1.165) is 25.2 Å². The summed E-state index contributed by atoms with van der Waals surface area (Å²) in [5.41, 5.74) is 0.582.